The van der Waals surface area contributed by atoms with Gasteiger partial charge < -0.3 is 11.1 Å². The van der Waals surface area contributed by atoms with E-state index >= 15 is 0 Å². The molecular formula is C16H15N5O. The molecule has 22 heavy (non-hydrogen) atoms. The van der Waals surface area contributed by atoms with E-state index in [9.17, 15) is 4.79 Å². The van der Waals surface area contributed by atoms with Crippen LogP contribution < -0.4 is 11.1 Å². The molecule has 2 atom stereocenters. The van der Waals surface area contributed by atoms with Crippen LogP contribution in [0.1, 0.15) is 27.5 Å². The van der Waals surface area contributed by atoms with Crippen molar-refractivity contribution in [2.75, 3.05) is 0 Å². The predicted octanol–water partition coefficient (Wildman–Crippen LogP) is 1.08. The number of pyridine rings is 1. The van der Waals surface area contributed by atoms with Gasteiger partial charge in [0.05, 0.1) is 17.6 Å². The van der Waals surface area contributed by atoms with E-state index in [2.05, 4.69) is 21.6 Å². The number of aromatic nitrogens is 3. The lowest BCUT2D eigenvalue weighted by Crippen LogP contribution is -2.40. The third-order valence-electron chi connectivity index (χ3n) is 4.16. The van der Waals surface area contributed by atoms with E-state index in [1.807, 2.05) is 18.2 Å². The molecule has 1 amide bonds. The van der Waals surface area contributed by atoms with E-state index in [-0.39, 0.29) is 18.0 Å². The Bertz CT molecular complexity index is 856. The topological polar surface area (TPSA) is 85.3 Å². The van der Waals surface area contributed by atoms with Crippen LogP contribution in [0.15, 0.2) is 48.9 Å². The minimum atomic E-state index is -0.168. The Balaban J connectivity index is 1.55. The van der Waals surface area contributed by atoms with E-state index in [1.165, 1.54) is 5.56 Å². The van der Waals surface area contributed by atoms with Gasteiger partial charge in [0.2, 0.25) is 0 Å². The van der Waals surface area contributed by atoms with Gasteiger partial charge in [-0.1, -0.05) is 24.3 Å². The summed E-state index contributed by atoms with van der Waals surface area (Å²) in [4.78, 5) is 12.4. The summed E-state index contributed by atoms with van der Waals surface area (Å²) in [7, 11) is 0. The van der Waals surface area contributed by atoms with Crippen LogP contribution in [0.5, 0.6) is 0 Å². The Hall–Kier alpha value is -2.73. The zero-order valence-corrected chi connectivity index (χ0v) is 11.8. The highest BCUT2D eigenvalue weighted by Crippen LogP contribution is 2.29. The van der Waals surface area contributed by atoms with Crippen LogP contribution in [-0.2, 0) is 6.42 Å². The van der Waals surface area contributed by atoms with Crippen molar-refractivity contribution in [3.63, 3.8) is 0 Å². The summed E-state index contributed by atoms with van der Waals surface area (Å²) in [6.07, 6.45) is 4.06. The number of carbonyl (C=O) groups excluding carboxylic acids is 1. The molecule has 0 saturated carbocycles. The first-order valence-corrected chi connectivity index (χ1v) is 7.16. The average Bonchev–Trinajstić information content (AvgIpc) is 3.12. The molecule has 4 rings (SSSR count). The van der Waals surface area contributed by atoms with Crippen molar-refractivity contribution < 1.29 is 4.79 Å². The van der Waals surface area contributed by atoms with Crippen molar-refractivity contribution in [2.24, 2.45) is 5.73 Å². The molecule has 1 aromatic carbocycles. The molecule has 0 bridgehead atoms. The smallest absolute Gasteiger partial charge is 0.253 e. The third-order valence-corrected chi connectivity index (χ3v) is 4.16. The molecule has 6 heteroatoms. The number of hydrogen-bond donors (Lipinski definition) is 2. The Morgan fingerprint density at radius 2 is 2.14 bits per heavy atom. The summed E-state index contributed by atoms with van der Waals surface area (Å²) in [5.74, 6) is -0.135. The van der Waals surface area contributed by atoms with Crippen LogP contribution in [0, 0.1) is 0 Å². The lowest BCUT2D eigenvalue weighted by atomic mass is 10.1. The summed E-state index contributed by atoms with van der Waals surface area (Å²) >= 11 is 0. The number of nitrogens with one attached hydrogen (secondary N) is 1. The molecule has 0 unspecified atom stereocenters. The molecular weight excluding hydrogens is 278 g/mol. The number of nitrogens with two attached hydrogens (primary N) is 1. The van der Waals surface area contributed by atoms with Crippen molar-refractivity contribution >= 4 is 11.6 Å². The SMILES string of the molecule is N[C@@H]1c2ccccc2C[C@H]1NC(=O)c1ccc2nncn2c1. The maximum atomic E-state index is 12.4. The van der Waals surface area contributed by atoms with Crippen molar-refractivity contribution in [1.29, 1.82) is 0 Å². The molecule has 0 fully saturated rings. The zero-order valence-electron chi connectivity index (χ0n) is 11.8. The lowest BCUT2D eigenvalue weighted by Gasteiger charge is -2.18. The monoisotopic (exact) mass is 293 g/mol. The number of benzene rings is 1. The van der Waals surface area contributed by atoms with Crippen LogP contribution >= 0.6 is 0 Å². The summed E-state index contributed by atoms with van der Waals surface area (Å²) in [5, 5.41) is 10.8. The molecule has 0 saturated heterocycles. The summed E-state index contributed by atoms with van der Waals surface area (Å²) < 4.78 is 1.72. The van der Waals surface area contributed by atoms with Crippen LogP contribution in [-0.4, -0.2) is 26.5 Å². The first-order chi connectivity index (χ1) is 10.7. The van der Waals surface area contributed by atoms with Gasteiger partial charge in [-0.15, -0.1) is 10.2 Å². The molecule has 0 radical (unpaired) electrons. The van der Waals surface area contributed by atoms with E-state index in [1.54, 1.807) is 29.1 Å². The summed E-state index contributed by atoms with van der Waals surface area (Å²) in [6, 6.07) is 11.3. The fraction of sp³-hybridized carbons (Fsp3) is 0.188. The standard InChI is InChI=1S/C16H15N5O/c17-15-12-4-2-1-3-10(12)7-13(15)19-16(22)11-5-6-14-20-18-9-21(14)8-11/h1-6,8-9,13,15H,7,17H2,(H,19,22)/t13-,15-/m1/s1. The number of carbonyl (C=O) groups is 1. The van der Waals surface area contributed by atoms with Crippen LogP contribution in [0.4, 0.5) is 0 Å². The molecule has 2 heterocycles. The Labute approximate surface area is 127 Å². The van der Waals surface area contributed by atoms with E-state index < -0.39 is 0 Å². The van der Waals surface area contributed by atoms with Crippen LogP contribution in [0.25, 0.3) is 5.65 Å². The highest BCUT2D eigenvalue weighted by molar-refractivity contribution is 5.94. The molecule has 1 aliphatic rings. The highest BCUT2D eigenvalue weighted by Gasteiger charge is 2.30. The van der Waals surface area contributed by atoms with Gasteiger partial charge >= 0.3 is 0 Å². The normalized spacial score (nSPS) is 20.0. The Kier molecular flexibility index (Phi) is 2.90. The average molecular weight is 293 g/mol. The number of hydrogen-bond acceptors (Lipinski definition) is 4. The molecule has 0 aliphatic heterocycles. The third kappa shape index (κ3) is 2.05. The quantitative estimate of drug-likeness (QED) is 0.740. The van der Waals surface area contributed by atoms with E-state index in [0.717, 1.165) is 12.0 Å². The van der Waals surface area contributed by atoms with Crippen molar-refractivity contribution in [1.82, 2.24) is 19.9 Å². The van der Waals surface area contributed by atoms with E-state index in [4.69, 9.17) is 5.73 Å². The largest absolute Gasteiger partial charge is 0.347 e. The number of amides is 1. The van der Waals surface area contributed by atoms with Gasteiger partial charge in [0.1, 0.15) is 6.33 Å². The Morgan fingerprint density at radius 1 is 1.27 bits per heavy atom. The van der Waals surface area contributed by atoms with Gasteiger partial charge in [0.15, 0.2) is 5.65 Å². The second-order valence-electron chi connectivity index (χ2n) is 5.52. The van der Waals surface area contributed by atoms with Gasteiger partial charge in [-0.2, -0.15) is 0 Å². The van der Waals surface area contributed by atoms with Gasteiger partial charge in [0.25, 0.3) is 5.91 Å². The maximum absolute atomic E-state index is 12.4. The fourth-order valence-electron chi connectivity index (χ4n) is 2.98. The highest BCUT2D eigenvalue weighted by atomic mass is 16.1. The predicted molar refractivity (Wildman–Crippen MR) is 81.3 cm³/mol. The second-order valence-corrected chi connectivity index (χ2v) is 5.52. The molecule has 3 N–H and O–H groups in total. The van der Waals surface area contributed by atoms with Crippen molar-refractivity contribution in [2.45, 2.75) is 18.5 Å². The second kappa shape index (κ2) is 4.92. The molecule has 6 nitrogen and oxygen atoms in total. The van der Waals surface area contributed by atoms with Gasteiger partial charge in [0, 0.05) is 6.20 Å². The number of rotatable bonds is 2. The summed E-state index contributed by atoms with van der Waals surface area (Å²) in [5.41, 5.74) is 9.84. The van der Waals surface area contributed by atoms with E-state index in [0.29, 0.717) is 11.2 Å². The first kappa shape index (κ1) is 13.0. The van der Waals surface area contributed by atoms with Crippen molar-refractivity contribution in [3.8, 4) is 0 Å². The number of nitrogens with zero attached hydrogens (tertiary/aromatic N) is 3. The first-order valence-electron chi connectivity index (χ1n) is 7.16. The molecule has 2 aromatic heterocycles. The summed E-state index contributed by atoms with van der Waals surface area (Å²) in [6.45, 7) is 0. The van der Waals surface area contributed by atoms with Crippen LogP contribution in [0.2, 0.25) is 0 Å². The minimum absolute atomic E-state index is 0.0819. The van der Waals surface area contributed by atoms with Gasteiger partial charge in [-0.25, -0.2) is 0 Å². The van der Waals surface area contributed by atoms with Crippen molar-refractivity contribution in [3.05, 3.63) is 65.6 Å². The minimum Gasteiger partial charge on any atom is -0.347 e. The molecule has 3 aromatic rings. The zero-order chi connectivity index (χ0) is 15.1. The van der Waals surface area contributed by atoms with Crippen LogP contribution in [0.3, 0.4) is 0 Å². The maximum Gasteiger partial charge on any atom is 0.253 e. The molecule has 1 aliphatic carbocycles. The molecule has 110 valence electrons. The Morgan fingerprint density at radius 3 is 3.00 bits per heavy atom. The van der Waals surface area contributed by atoms with Gasteiger partial charge in [-0.05, 0) is 29.7 Å². The molecule has 0 spiro atoms. The fourth-order valence-corrected chi connectivity index (χ4v) is 2.98. The van der Waals surface area contributed by atoms with Gasteiger partial charge in [-0.3, -0.25) is 9.20 Å². The number of fused-ring (bicyclic) bond motifs is 2. The lowest BCUT2D eigenvalue weighted by molar-refractivity contribution is 0.0933.